The molecule has 7 N–H and O–H groups in total. The molecule has 1 aromatic rings. The minimum atomic E-state index is 0.0400. The number of aliphatic hydroxyl groups is 1. The van der Waals surface area contributed by atoms with E-state index in [0.29, 0.717) is 23.5 Å². The van der Waals surface area contributed by atoms with E-state index in [1.165, 1.54) is 0 Å². The quantitative estimate of drug-likeness (QED) is 0.465. The fourth-order valence-electron chi connectivity index (χ4n) is 1.14. The van der Waals surface area contributed by atoms with Crippen molar-refractivity contribution in [1.82, 2.24) is 0 Å². The first-order valence-corrected chi connectivity index (χ1v) is 3.69. The lowest BCUT2D eigenvalue weighted by atomic mass is 10.1. The van der Waals surface area contributed by atoms with Gasteiger partial charge in [0.1, 0.15) is 0 Å². The van der Waals surface area contributed by atoms with Gasteiger partial charge in [-0.05, 0) is 18.6 Å². The molecule has 0 amide bonds. The molecule has 0 aromatic heterocycles. The maximum Gasteiger partial charge on any atom is 0.0473 e. The maximum absolute atomic E-state index is 8.70. The number of benzene rings is 1. The summed E-state index contributed by atoms with van der Waals surface area (Å²) < 4.78 is 0. The number of rotatable bonds is 2. The summed E-state index contributed by atoms with van der Waals surface area (Å²) in [5, 5.41) is 8.70. The molecule has 66 valence electrons. The average molecular weight is 167 g/mol. The number of aliphatic hydroxyl groups excluding tert-OH is 1. The number of nitrogens with two attached hydrogens (primary N) is 3. The molecule has 4 nitrogen and oxygen atoms in total. The molecule has 0 radical (unpaired) electrons. The molecule has 0 spiro atoms. The van der Waals surface area contributed by atoms with Crippen LogP contribution in [0.15, 0.2) is 12.1 Å². The second-order valence-electron chi connectivity index (χ2n) is 2.65. The first kappa shape index (κ1) is 8.67. The molecule has 12 heavy (non-hydrogen) atoms. The molecule has 0 saturated carbocycles. The maximum atomic E-state index is 8.70. The average Bonchev–Trinajstić information content (AvgIpc) is 1.96. The molecule has 0 bridgehead atoms. The van der Waals surface area contributed by atoms with Gasteiger partial charge in [0.2, 0.25) is 0 Å². The minimum absolute atomic E-state index is 0.0400. The van der Waals surface area contributed by atoms with E-state index in [9.17, 15) is 0 Å². The smallest absolute Gasteiger partial charge is 0.0473 e. The van der Waals surface area contributed by atoms with Crippen LogP contribution in [0.1, 0.15) is 5.56 Å². The molecular formula is C8H13N3O. The third kappa shape index (κ3) is 1.60. The van der Waals surface area contributed by atoms with E-state index < -0.39 is 0 Å². The van der Waals surface area contributed by atoms with Crippen LogP contribution in [-0.2, 0) is 6.42 Å². The van der Waals surface area contributed by atoms with E-state index >= 15 is 0 Å². The fraction of sp³-hybridized carbons (Fsp3) is 0.250. The zero-order valence-electron chi connectivity index (χ0n) is 6.75. The van der Waals surface area contributed by atoms with E-state index in [0.717, 1.165) is 5.56 Å². The van der Waals surface area contributed by atoms with Crippen molar-refractivity contribution < 1.29 is 5.11 Å². The molecule has 0 saturated heterocycles. The van der Waals surface area contributed by atoms with Gasteiger partial charge < -0.3 is 22.3 Å². The highest BCUT2D eigenvalue weighted by atomic mass is 16.2. The number of anilines is 3. The Labute approximate surface area is 71.0 Å². The van der Waals surface area contributed by atoms with Crippen molar-refractivity contribution in [2.24, 2.45) is 0 Å². The summed E-state index contributed by atoms with van der Waals surface area (Å²) in [4.78, 5) is 0. The van der Waals surface area contributed by atoms with Gasteiger partial charge >= 0.3 is 0 Å². The zero-order valence-corrected chi connectivity index (χ0v) is 6.75. The van der Waals surface area contributed by atoms with E-state index in [1.54, 1.807) is 12.1 Å². The van der Waals surface area contributed by atoms with Crippen LogP contribution in [0.4, 0.5) is 17.1 Å². The summed E-state index contributed by atoms with van der Waals surface area (Å²) in [6.45, 7) is 0.0400. The van der Waals surface area contributed by atoms with E-state index in [2.05, 4.69) is 0 Å². The highest BCUT2D eigenvalue weighted by molar-refractivity contribution is 5.68. The first-order valence-electron chi connectivity index (χ1n) is 3.69. The van der Waals surface area contributed by atoms with Crippen LogP contribution < -0.4 is 17.2 Å². The second kappa shape index (κ2) is 3.32. The fourth-order valence-corrected chi connectivity index (χ4v) is 1.14. The third-order valence-electron chi connectivity index (χ3n) is 1.70. The van der Waals surface area contributed by atoms with Gasteiger partial charge in [-0.15, -0.1) is 0 Å². The van der Waals surface area contributed by atoms with Gasteiger partial charge in [-0.3, -0.25) is 0 Å². The highest BCUT2D eigenvalue weighted by Crippen LogP contribution is 2.23. The van der Waals surface area contributed by atoms with Crippen LogP contribution in [0.3, 0.4) is 0 Å². The molecule has 1 rings (SSSR count). The summed E-state index contributed by atoms with van der Waals surface area (Å²) in [7, 11) is 0. The molecule has 1 aromatic carbocycles. The number of nitrogen functional groups attached to an aromatic ring is 3. The topological polar surface area (TPSA) is 98.3 Å². The van der Waals surface area contributed by atoms with E-state index in [-0.39, 0.29) is 6.61 Å². The van der Waals surface area contributed by atoms with Gasteiger partial charge in [-0.25, -0.2) is 0 Å². The lowest BCUT2D eigenvalue weighted by Gasteiger charge is -2.08. The number of hydrogen-bond donors (Lipinski definition) is 4. The lowest BCUT2D eigenvalue weighted by Crippen LogP contribution is -2.04. The van der Waals surface area contributed by atoms with Crippen molar-refractivity contribution in [1.29, 1.82) is 0 Å². The molecule has 0 aliphatic rings. The minimum Gasteiger partial charge on any atom is -0.399 e. The van der Waals surface area contributed by atoms with Crippen LogP contribution in [0.2, 0.25) is 0 Å². The predicted molar refractivity (Wildman–Crippen MR) is 50.5 cm³/mol. The van der Waals surface area contributed by atoms with Crippen molar-refractivity contribution >= 4 is 17.1 Å². The Morgan fingerprint density at radius 3 is 2.00 bits per heavy atom. The Morgan fingerprint density at radius 1 is 1.08 bits per heavy atom. The summed E-state index contributed by atoms with van der Waals surface area (Å²) >= 11 is 0. The SMILES string of the molecule is Nc1cc(N)c(CCO)c(N)c1. The van der Waals surface area contributed by atoms with Crippen molar-refractivity contribution in [2.45, 2.75) is 6.42 Å². The normalized spacial score (nSPS) is 10.1. The van der Waals surface area contributed by atoms with E-state index in [4.69, 9.17) is 22.3 Å². The van der Waals surface area contributed by atoms with Crippen LogP contribution in [0, 0.1) is 0 Å². The van der Waals surface area contributed by atoms with Crippen molar-refractivity contribution in [3.8, 4) is 0 Å². The Balaban J connectivity index is 3.10. The van der Waals surface area contributed by atoms with E-state index in [1.807, 2.05) is 0 Å². The van der Waals surface area contributed by atoms with Crippen LogP contribution >= 0.6 is 0 Å². The van der Waals surface area contributed by atoms with Gasteiger partial charge in [0.25, 0.3) is 0 Å². The molecule has 0 heterocycles. The van der Waals surface area contributed by atoms with Gasteiger partial charge in [0.15, 0.2) is 0 Å². The molecule has 0 atom stereocenters. The zero-order chi connectivity index (χ0) is 9.14. The summed E-state index contributed by atoms with van der Waals surface area (Å²) in [5.41, 5.74) is 19.2. The summed E-state index contributed by atoms with van der Waals surface area (Å²) in [6.07, 6.45) is 0.470. The molecule has 0 aliphatic carbocycles. The Bertz CT molecular complexity index is 263. The molecule has 0 fully saturated rings. The van der Waals surface area contributed by atoms with Gasteiger partial charge in [-0.1, -0.05) is 0 Å². The predicted octanol–water partition coefficient (Wildman–Crippen LogP) is -0.0320. The third-order valence-corrected chi connectivity index (χ3v) is 1.70. The van der Waals surface area contributed by atoms with Crippen molar-refractivity contribution in [3.63, 3.8) is 0 Å². The van der Waals surface area contributed by atoms with Crippen LogP contribution in [0.25, 0.3) is 0 Å². The Kier molecular flexibility index (Phi) is 2.40. The Morgan fingerprint density at radius 2 is 1.58 bits per heavy atom. The van der Waals surface area contributed by atoms with Gasteiger partial charge in [0, 0.05) is 29.2 Å². The largest absolute Gasteiger partial charge is 0.399 e. The van der Waals surface area contributed by atoms with Gasteiger partial charge in [-0.2, -0.15) is 0 Å². The summed E-state index contributed by atoms with van der Waals surface area (Å²) in [5.74, 6) is 0. The molecule has 0 aliphatic heterocycles. The monoisotopic (exact) mass is 167 g/mol. The highest BCUT2D eigenvalue weighted by Gasteiger charge is 2.03. The van der Waals surface area contributed by atoms with Crippen LogP contribution in [0.5, 0.6) is 0 Å². The lowest BCUT2D eigenvalue weighted by molar-refractivity contribution is 0.300. The number of hydrogen-bond acceptors (Lipinski definition) is 4. The second-order valence-corrected chi connectivity index (χ2v) is 2.65. The molecule has 0 unspecified atom stereocenters. The van der Waals surface area contributed by atoms with Gasteiger partial charge in [0.05, 0.1) is 0 Å². The molecule has 4 heteroatoms. The standard InChI is InChI=1S/C8H13N3O/c9-5-3-7(10)6(1-2-12)8(11)4-5/h3-4,12H,1-2,9-11H2. The summed E-state index contributed by atoms with van der Waals surface area (Å²) in [6, 6.07) is 3.28. The van der Waals surface area contributed by atoms with Crippen molar-refractivity contribution in [2.75, 3.05) is 23.8 Å². The first-order chi connectivity index (χ1) is 5.65. The van der Waals surface area contributed by atoms with Crippen LogP contribution in [-0.4, -0.2) is 11.7 Å². The van der Waals surface area contributed by atoms with Crippen molar-refractivity contribution in [3.05, 3.63) is 17.7 Å². The molecular weight excluding hydrogens is 154 g/mol. The Hall–Kier alpha value is -1.42.